The van der Waals surface area contributed by atoms with Crippen molar-refractivity contribution in [1.82, 2.24) is 5.32 Å². The number of carbonyl (C=O) groups is 1. The number of nitriles is 1. The molecule has 112 valence electrons. The lowest BCUT2D eigenvalue weighted by atomic mass is 10.1. The summed E-state index contributed by atoms with van der Waals surface area (Å²) < 4.78 is 0. The Morgan fingerprint density at radius 1 is 1.38 bits per heavy atom. The molecule has 4 nitrogen and oxygen atoms in total. The molecule has 0 bridgehead atoms. The fourth-order valence-electron chi connectivity index (χ4n) is 1.71. The van der Waals surface area contributed by atoms with Crippen LogP contribution in [0, 0.1) is 11.3 Å². The minimum Gasteiger partial charge on any atom is -0.360 e. The molecule has 0 saturated heterocycles. The summed E-state index contributed by atoms with van der Waals surface area (Å²) in [4.78, 5) is 11.6. The zero-order valence-electron chi connectivity index (χ0n) is 12.2. The zero-order valence-corrected chi connectivity index (χ0v) is 12.9. The first-order chi connectivity index (χ1) is 10.2. The van der Waals surface area contributed by atoms with Crippen LogP contribution in [0.2, 0.25) is 0 Å². The molecule has 0 saturated carbocycles. The number of hydrogen-bond acceptors (Lipinski definition) is 3. The molecule has 0 spiro atoms. The highest BCUT2D eigenvalue weighted by atomic mass is 35.5. The van der Waals surface area contributed by atoms with E-state index in [1.165, 1.54) is 24.6 Å². The SMILES string of the molecule is CCCCc1ccc(N/C=C(/C#N)C(=O)NCCCl)cc1. The molecule has 2 N–H and O–H groups in total. The summed E-state index contributed by atoms with van der Waals surface area (Å²) in [7, 11) is 0. The third-order valence-electron chi connectivity index (χ3n) is 2.90. The second-order valence-electron chi connectivity index (χ2n) is 4.56. The van der Waals surface area contributed by atoms with Crippen molar-refractivity contribution in [1.29, 1.82) is 5.26 Å². The van der Waals surface area contributed by atoms with Crippen LogP contribution in [0.1, 0.15) is 25.3 Å². The van der Waals surface area contributed by atoms with E-state index in [-0.39, 0.29) is 5.57 Å². The predicted molar refractivity (Wildman–Crippen MR) is 86.1 cm³/mol. The van der Waals surface area contributed by atoms with Gasteiger partial charge in [0.25, 0.3) is 5.91 Å². The number of rotatable bonds is 8. The van der Waals surface area contributed by atoms with Crippen molar-refractivity contribution in [2.24, 2.45) is 0 Å². The molecular weight excluding hydrogens is 286 g/mol. The third-order valence-corrected chi connectivity index (χ3v) is 3.09. The standard InChI is InChI=1S/C16H20ClN3O/c1-2-3-4-13-5-7-15(8-6-13)20-12-14(11-18)16(21)19-10-9-17/h5-8,12,20H,2-4,9-10H2,1H3,(H,19,21)/b14-12-. The molecule has 21 heavy (non-hydrogen) atoms. The second kappa shape index (κ2) is 9.84. The first-order valence-electron chi connectivity index (χ1n) is 7.01. The van der Waals surface area contributed by atoms with Crippen LogP contribution in [0.3, 0.4) is 0 Å². The van der Waals surface area contributed by atoms with Crippen molar-refractivity contribution in [2.45, 2.75) is 26.2 Å². The molecule has 0 aromatic heterocycles. The zero-order chi connectivity index (χ0) is 15.5. The van der Waals surface area contributed by atoms with Gasteiger partial charge in [0.05, 0.1) is 0 Å². The average Bonchev–Trinajstić information content (AvgIpc) is 2.52. The minimum atomic E-state index is -0.426. The molecule has 5 heteroatoms. The molecule has 1 aromatic rings. The number of alkyl halides is 1. The molecule has 0 aliphatic rings. The molecule has 0 unspecified atom stereocenters. The summed E-state index contributed by atoms with van der Waals surface area (Å²) in [5, 5.41) is 14.5. The molecule has 0 heterocycles. The fraction of sp³-hybridized carbons (Fsp3) is 0.375. The van der Waals surface area contributed by atoms with Crippen molar-refractivity contribution in [2.75, 3.05) is 17.7 Å². The van der Waals surface area contributed by atoms with Gasteiger partial charge in [0.1, 0.15) is 11.6 Å². The van der Waals surface area contributed by atoms with E-state index >= 15 is 0 Å². The van der Waals surface area contributed by atoms with E-state index in [1.54, 1.807) is 0 Å². The van der Waals surface area contributed by atoms with E-state index in [4.69, 9.17) is 16.9 Å². The quantitative estimate of drug-likeness (QED) is 0.440. The molecular formula is C16H20ClN3O. The number of halogens is 1. The van der Waals surface area contributed by atoms with Gasteiger partial charge in [-0.2, -0.15) is 5.26 Å². The van der Waals surface area contributed by atoms with Crippen LogP contribution >= 0.6 is 11.6 Å². The number of hydrogen-bond donors (Lipinski definition) is 2. The van der Waals surface area contributed by atoms with Gasteiger partial charge in [0.15, 0.2) is 0 Å². The van der Waals surface area contributed by atoms with Crippen LogP contribution in [0.15, 0.2) is 36.0 Å². The molecule has 0 fully saturated rings. The van der Waals surface area contributed by atoms with E-state index in [0.717, 1.165) is 12.1 Å². The van der Waals surface area contributed by atoms with Crippen molar-refractivity contribution in [3.05, 3.63) is 41.6 Å². The van der Waals surface area contributed by atoms with Crippen LogP contribution in [-0.4, -0.2) is 18.3 Å². The summed E-state index contributed by atoms with van der Waals surface area (Å²) in [6, 6.07) is 9.83. The van der Waals surface area contributed by atoms with Crippen LogP contribution in [0.25, 0.3) is 0 Å². The largest absolute Gasteiger partial charge is 0.360 e. The van der Waals surface area contributed by atoms with Gasteiger partial charge in [0, 0.05) is 24.3 Å². The summed E-state index contributed by atoms with van der Waals surface area (Å²) in [6.07, 6.45) is 4.82. The second-order valence-corrected chi connectivity index (χ2v) is 4.94. The van der Waals surface area contributed by atoms with Crippen molar-refractivity contribution in [3.63, 3.8) is 0 Å². The number of unbranched alkanes of at least 4 members (excludes halogenated alkanes) is 1. The molecule has 0 radical (unpaired) electrons. The van der Waals surface area contributed by atoms with Crippen LogP contribution in [-0.2, 0) is 11.2 Å². The number of amides is 1. The number of carbonyl (C=O) groups excluding carboxylic acids is 1. The highest BCUT2D eigenvalue weighted by molar-refractivity contribution is 6.18. The van der Waals surface area contributed by atoms with E-state index in [2.05, 4.69) is 17.6 Å². The maximum Gasteiger partial charge on any atom is 0.263 e. The first-order valence-corrected chi connectivity index (χ1v) is 7.54. The van der Waals surface area contributed by atoms with Crippen molar-refractivity contribution in [3.8, 4) is 6.07 Å². The van der Waals surface area contributed by atoms with E-state index in [9.17, 15) is 4.79 Å². The van der Waals surface area contributed by atoms with Crippen LogP contribution < -0.4 is 10.6 Å². The number of benzene rings is 1. The lowest BCUT2D eigenvalue weighted by molar-refractivity contribution is -0.117. The summed E-state index contributed by atoms with van der Waals surface area (Å²) in [5.41, 5.74) is 2.15. The Morgan fingerprint density at radius 3 is 2.67 bits per heavy atom. The van der Waals surface area contributed by atoms with Crippen molar-refractivity contribution >= 4 is 23.2 Å². The molecule has 0 aliphatic heterocycles. The Kier molecular flexibility index (Phi) is 8.00. The first kappa shape index (κ1) is 17.1. The Morgan fingerprint density at radius 2 is 2.10 bits per heavy atom. The van der Waals surface area contributed by atoms with Gasteiger partial charge in [-0.05, 0) is 30.5 Å². The molecule has 1 amide bonds. The molecule has 0 atom stereocenters. The maximum atomic E-state index is 11.6. The lowest BCUT2D eigenvalue weighted by Gasteiger charge is -2.05. The summed E-state index contributed by atoms with van der Waals surface area (Å²) >= 11 is 5.48. The monoisotopic (exact) mass is 305 g/mol. The van der Waals surface area contributed by atoms with Gasteiger partial charge in [-0.15, -0.1) is 11.6 Å². The van der Waals surface area contributed by atoms with Gasteiger partial charge in [-0.3, -0.25) is 4.79 Å². The predicted octanol–water partition coefficient (Wildman–Crippen LogP) is 3.20. The number of nitrogens with one attached hydrogen (secondary N) is 2. The topological polar surface area (TPSA) is 64.9 Å². The highest BCUT2D eigenvalue weighted by Gasteiger charge is 2.07. The van der Waals surface area contributed by atoms with E-state index in [0.29, 0.717) is 12.4 Å². The summed E-state index contributed by atoms with van der Waals surface area (Å²) in [5.74, 6) is -0.109. The van der Waals surface area contributed by atoms with Gasteiger partial charge in [0.2, 0.25) is 0 Å². The van der Waals surface area contributed by atoms with Crippen LogP contribution in [0.5, 0.6) is 0 Å². The van der Waals surface area contributed by atoms with Gasteiger partial charge < -0.3 is 10.6 Å². The van der Waals surface area contributed by atoms with Crippen molar-refractivity contribution < 1.29 is 4.79 Å². The fourth-order valence-corrected chi connectivity index (χ4v) is 1.80. The number of nitrogens with zero attached hydrogens (tertiary/aromatic N) is 1. The average molecular weight is 306 g/mol. The normalized spacial score (nSPS) is 10.8. The molecule has 1 rings (SSSR count). The Bertz CT molecular complexity index is 517. The van der Waals surface area contributed by atoms with E-state index < -0.39 is 5.91 Å². The van der Waals surface area contributed by atoms with Gasteiger partial charge in [-0.25, -0.2) is 0 Å². The smallest absolute Gasteiger partial charge is 0.263 e. The minimum absolute atomic E-state index is 0.0233. The van der Waals surface area contributed by atoms with Gasteiger partial charge >= 0.3 is 0 Å². The van der Waals surface area contributed by atoms with Crippen LogP contribution in [0.4, 0.5) is 5.69 Å². The van der Waals surface area contributed by atoms with Gasteiger partial charge in [-0.1, -0.05) is 25.5 Å². The Hall–Kier alpha value is -1.99. The number of aryl methyl sites for hydroxylation is 1. The maximum absolute atomic E-state index is 11.6. The number of anilines is 1. The lowest BCUT2D eigenvalue weighted by Crippen LogP contribution is -2.26. The Labute approximate surface area is 130 Å². The van der Waals surface area contributed by atoms with E-state index in [1.807, 2.05) is 30.3 Å². The summed E-state index contributed by atoms with van der Waals surface area (Å²) in [6.45, 7) is 2.50. The molecule has 0 aliphatic carbocycles. The third kappa shape index (κ3) is 6.33. The Balaban J connectivity index is 2.61. The molecule has 1 aromatic carbocycles. The highest BCUT2D eigenvalue weighted by Crippen LogP contribution is 2.12.